The molecule has 1 amide bonds. The van der Waals surface area contributed by atoms with Gasteiger partial charge in [0, 0.05) is 25.0 Å². The second-order valence-corrected chi connectivity index (χ2v) is 3.49. The Hall–Kier alpha value is -1.03. The van der Waals surface area contributed by atoms with Crippen LogP contribution in [0, 0.1) is 5.92 Å². The lowest BCUT2D eigenvalue weighted by Gasteiger charge is -2.12. The zero-order valence-electron chi connectivity index (χ0n) is 7.03. The van der Waals surface area contributed by atoms with E-state index in [1.165, 1.54) is 0 Å². The zero-order chi connectivity index (χ0) is 9.26. The van der Waals surface area contributed by atoms with E-state index in [0.29, 0.717) is 18.8 Å². The number of hydrogen-bond acceptors (Lipinski definition) is 2. The van der Waals surface area contributed by atoms with Gasteiger partial charge < -0.3 is 4.90 Å². The van der Waals surface area contributed by atoms with Gasteiger partial charge in [0.1, 0.15) is 0 Å². The van der Waals surface area contributed by atoms with Gasteiger partial charge in [-0.1, -0.05) is 0 Å². The number of nitrogens with zero attached hydrogens (tertiary/aromatic N) is 2. The first kappa shape index (κ1) is 8.56. The molecule has 1 fully saturated rings. The minimum Gasteiger partial charge on any atom is -0.309 e. The molecule has 4 nitrogen and oxygen atoms in total. The Morgan fingerprint density at radius 2 is 2.62 bits per heavy atom. The number of amides is 1. The van der Waals surface area contributed by atoms with Crippen molar-refractivity contribution >= 4 is 23.2 Å². The summed E-state index contributed by atoms with van der Waals surface area (Å²) in [6.45, 7) is 0.710. The van der Waals surface area contributed by atoms with Gasteiger partial charge in [0.25, 0.3) is 0 Å². The maximum absolute atomic E-state index is 11.5. The molecule has 0 aromatic carbocycles. The van der Waals surface area contributed by atoms with Crippen molar-refractivity contribution in [3.63, 3.8) is 0 Å². The van der Waals surface area contributed by atoms with Crippen molar-refractivity contribution in [2.75, 3.05) is 17.3 Å². The molecule has 0 saturated carbocycles. The van der Waals surface area contributed by atoms with Crippen molar-refractivity contribution in [1.82, 2.24) is 10.2 Å². The Morgan fingerprint density at radius 1 is 1.77 bits per heavy atom. The van der Waals surface area contributed by atoms with Gasteiger partial charge >= 0.3 is 0 Å². The fraction of sp³-hybridized carbons (Fsp3) is 0.500. The number of rotatable bonds is 2. The third kappa shape index (κ3) is 1.54. The van der Waals surface area contributed by atoms with Crippen LogP contribution in [0.4, 0.5) is 5.69 Å². The average molecular weight is 200 g/mol. The predicted octanol–water partition coefficient (Wildman–Crippen LogP) is 1.00. The second kappa shape index (κ2) is 3.38. The molecule has 13 heavy (non-hydrogen) atoms. The number of anilines is 1. The Labute approximate surface area is 80.9 Å². The van der Waals surface area contributed by atoms with E-state index in [2.05, 4.69) is 10.2 Å². The first-order valence-corrected chi connectivity index (χ1v) is 4.70. The molecule has 1 N–H and O–H groups in total. The number of aromatic nitrogens is 2. The van der Waals surface area contributed by atoms with Gasteiger partial charge in [-0.3, -0.25) is 9.89 Å². The molecule has 2 heterocycles. The number of H-pyrrole nitrogens is 1. The van der Waals surface area contributed by atoms with Crippen LogP contribution in [0.25, 0.3) is 0 Å². The molecule has 0 spiro atoms. The Balaban J connectivity index is 2.14. The summed E-state index contributed by atoms with van der Waals surface area (Å²) in [4.78, 5) is 13.2. The molecule has 70 valence electrons. The van der Waals surface area contributed by atoms with Gasteiger partial charge in [0.2, 0.25) is 5.91 Å². The SMILES string of the molecule is O=C1CC(CCl)CN1c1cn[nH]c1. The predicted molar refractivity (Wildman–Crippen MR) is 49.8 cm³/mol. The standard InChI is InChI=1S/C8H10ClN3O/c9-2-6-1-8(13)12(5-6)7-3-10-11-4-7/h3-4,6H,1-2,5H2,(H,10,11). The van der Waals surface area contributed by atoms with Crippen LogP contribution >= 0.6 is 11.6 Å². The van der Waals surface area contributed by atoms with Crippen LogP contribution in [0.1, 0.15) is 6.42 Å². The molecule has 1 aliphatic rings. The third-order valence-corrected chi connectivity index (χ3v) is 2.66. The number of alkyl halides is 1. The first-order valence-electron chi connectivity index (χ1n) is 4.16. The first-order chi connectivity index (χ1) is 6.31. The van der Waals surface area contributed by atoms with Crippen LogP contribution in [0.2, 0.25) is 0 Å². The number of carbonyl (C=O) groups excluding carboxylic acids is 1. The second-order valence-electron chi connectivity index (χ2n) is 3.19. The van der Waals surface area contributed by atoms with Crippen LogP contribution in [-0.4, -0.2) is 28.5 Å². The largest absolute Gasteiger partial charge is 0.309 e. The summed E-state index contributed by atoms with van der Waals surface area (Å²) in [6.07, 6.45) is 3.91. The highest BCUT2D eigenvalue weighted by atomic mass is 35.5. The summed E-state index contributed by atoms with van der Waals surface area (Å²) in [5.74, 6) is 0.955. The monoisotopic (exact) mass is 199 g/mol. The van der Waals surface area contributed by atoms with Gasteiger partial charge in [0.05, 0.1) is 11.9 Å². The van der Waals surface area contributed by atoms with Crippen molar-refractivity contribution in [3.05, 3.63) is 12.4 Å². The molecular weight excluding hydrogens is 190 g/mol. The van der Waals surface area contributed by atoms with Crippen molar-refractivity contribution in [3.8, 4) is 0 Å². The summed E-state index contributed by atoms with van der Waals surface area (Å²) in [7, 11) is 0. The van der Waals surface area contributed by atoms with E-state index in [4.69, 9.17) is 11.6 Å². The summed E-state index contributed by atoms with van der Waals surface area (Å²) < 4.78 is 0. The Bertz CT molecular complexity index is 298. The molecule has 0 bridgehead atoms. The summed E-state index contributed by atoms with van der Waals surface area (Å²) in [5.41, 5.74) is 0.831. The van der Waals surface area contributed by atoms with Gasteiger partial charge in [0.15, 0.2) is 0 Å². The fourth-order valence-corrected chi connectivity index (χ4v) is 1.73. The highest BCUT2D eigenvalue weighted by molar-refractivity contribution is 6.18. The van der Waals surface area contributed by atoms with Crippen molar-refractivity contribution in [1.29, 1.82) is 0 Å². The summed E-state index contributed by atoms with van der Waals surface area (Å²) >= 11 is 5.70. The molecule has 1 atom stereocenters. The lowest BCUT2D eigenvalue weighted by Crippen LogP contribution is -2.24. The zero-order valence-corrected chi connectivity index (χ0v) is 7.79. The molecule has 1 saturated heterocycles. The number of aromatic amines is 1. The van der Waals surface area contributed by atoms with E-state index in [9.17, 15) is 4.79 Å². The van der Waals surface area contributed by atoms with Crippen LogP contribution in [0.5, 0.6) is 0 Å². The Morgan fingerprint density at radius 3 is 3.15 bits per heavy atom. The maximum Gasteiger partial charge on any atom is 0.227 e. The molecule has 1 aromatic heterocycles. The van der Waals surface area contributed by atoms with E-state index in [1.54, 1.807) is 17.3 Å². The summed E-state index contributed by atoms with van der Waals surface area (Å²) in [6, 6.07) is 0. The highest BCUT2D eigenvalue weighted by Crippen LogP contribution is 2.24. The topological polar surface area (TPSA) is 49.0 Å². The number of carbonyl (C=O) groups is 1. The minimum atomic E-state index is 0.132. The molecule has 2 rings (SSSR count). The van der Waals surface area contributed by atoms with Crippen LogP contribution in [0.15, 0.2) is 12.4 Å². The van der Waals surface area contributed by atoms with Crippen LogP contribution in [0.3, 0.4) is 0 Å². The van der Waals surface area contributed by atoms with E-state index in [0.717, 1.165) is 5.69 Å². The number of halogens is 1. The molecule has 5 heteroatoms. The lowest BCUT2D eigenvalue weighted by molar-refractivity contribution is -0.117. The highest BCUT2D eigenvalue weighted by Gasteiger charge is 2.30. The lowest BCUT2D eigenvalue weighted by atomic mass is 10.1. The van der Waals surface area contributed by atoms with Crippen LogP contribution in [-0.2, 0) is 4.79 Å². The molecule has 1 aromatic rings. The molecule has 0 radical (unpaired) electrons. The third-order valence-electron chi connectivity index (χ3n) is 2.22. The van der Waals surface area contributed by atoms with Gasteiger partial charge in [-0.05, 0) is 5.92 Å². The normalized spacial score (nSPS) is 22.7. The fourth-order valence-electron chi connectivity index (χ4n) is 1.53. The number of nitrogens with one attached hydrogen (secondary N) is 1. The average Bonchev–Trinajstić information content (AvgIpc) is 2.72. The molecular formula is C8H10ClN3O. The minimum absolute atomic E-state index is 0.132. The van der Waals surface area contributed by atoms with Crippen molar-refractivity contribution < 1.29 is 4.79 Å². The van der Waals surface area contributed by atoms with Gasteiger partial charge in [-0.2, -0.15) is 5.10 Å². The molecule has 1 unspecified atom stereocenters. The van der Waals surface area contributed by atoms with Crippen molar-refractivity contribution in [2.45, 2.75) is 6.42 Å². The Kier molecular flexibility index (Phi) is 2.22. The smallest absolute Gasteiger partial charge is 0.227 e. The van der Waals surface area contributed by atoms with Crippen molar-refractivity contribution in [2.24, 2.45) is 5.92 Å². The quantitative estimate of drug-likeness (QED) is 0.723. The number of hydrogen-bond donors (Lipinski definition) is 1. The van der Waals surface area contributed by atoms with E-state index < -0.39 is 0 Å². The van der Waals surface area contributed by atoms with E-state index >= 15 is 0 Å². The van der Waals surface area contributed by atoms with E-state index in [1.807, 2.05) is 0 Å². The van der Waals surface area contributed by atoms with Gasteiger partial charge in [-0.15, -0.1) is 11.6 Å². The molecule has 0 aliphatic carbocycles. The van der Waals surface area contributed by atoms with Gasteiger partial charge in [-0.25, -0.2) is 0 Å². The van der Waals surface area contributed by atoms with Crippen LogP contribution < -0.4 is 4.90 Å². The molecule has 1 aliphatic heterocycles. The summed E-state index contributed by atoms with van der Waals surface area (Å²) in [5, 5.41) is 6.48. The maximum atomic E-state index is 11.5. The van der Waals surface area contributed by atoms with E-state index in [-0.39, 0.29) is 11.8 Å².